The van der Waals surface area contributed by atoms with Gasteiger partial charge < -0.3 is 10.1 Å². The molecule has 0 saturated carbocycles. The fourth-order valence-electron chi connectivity index (χ4n) is 3.72. The van der Waals surface area contributed by atoms with E-state index in [1.807, 2.05) is 25.1 Å². The number of morpholine rings is 1. The maximum Gasteiger partial charge on any atom is 0.244 e. The lowest BCUT2D eigenvalue weighted by atomic mass is 10.1. The van der Waals surface area contributed by atoms with E-state index in [0.717, 1.165) is 44.7 Å². The zero-order valence-electron chi connectivity index (χ0n) is 18.2. The van der Waals surface area contributed by atoms with Gasteiger partial charge in [0.1, 0.15) is 6.04 Å². The molecule has 0 radical (unpaired) electrons. The van der Waals surface area contributed by atoms with E-state index in [2.05, 4.69) is 22.3 Å². The number of nitrogens with zero attached hydrogens (tertiary/aromatic N) is 2. The standard InChI is InChI=1S/C23H31N3O4S/c1-3-22(26(31(2,28)29)21-7-5-4-6-8-21)23(27)24-17-19-9-11-20(12-10-19)18-25-13-15-30-16-14-25/h4-12,22H,3,13-18H2,1-2H3,(H,24,27)/t22-/m1/s1. The maximum absolute atomic E-state index is 12.9. The van der Waals surface area contributed by atoms with Gasteiger partial charge in [-0.2, -0.15) is 0 Å². The van der Waals surface area contributed by atoms with Crippen molar-refractivity contribution in [2.45, 2.75) is 32.5 Å². The molecule has 0 bridgehead atoms. The second-order valence-corrected chi connectivity index (χ2v) is 9.60. The van der Waals surface area contributed by atoms with Gasteiger partial charge in [0, 0.05) is 26.2 Å². The third kappa shape index (κ3) is 6.53. The zero-order chi connectivity index (χ0) is 22.3. The number of amides is 1. The number of rotatable bonds is 9. The highest BCUT2D eigenvalue weighted by atomic mass is 32.2. The van der Waals surface area contributed by atoms with Crippen LogP contribution in [0.1, 0.15) is 24.5 Å². The van der Waals surface area contributed by atoms with E-state index < -0.39 is 16.1 Å². The van der Waals surface area contributed by atoms with Crippen LogP contribution in [0, 0.1) is 0 Å². The van der Waals surface area contributed by atoms with Crippen LogP contribution in [-0.2, 0) is 32.6 Å². The van der Waals surface area contributed by atoms with Crippen LogP contribution in [0.15, 0.2) is 54.6 Å². The number of ether oxygens (including phenoxy) is 1. The number of sulfonamides is 1. The summed E-state index contributed by atoms with van der Waals surface area (Å²) in [6, 6.07) is 16.1. The molecule has 1 saturated heterocycles. The molecule has 1 atom stereocenters. The monoisotopic (exact) mass is 445 g/mol. The van der Waals surface area contributed by atoms with E-state index in [1.165, 1.54) is 9.87 Å². The van der Waals surface area contributed by atoms with Gasteiger partial charge in [0.25, 0.3) is 0 Å². The van der Waals surface area contributed by atoms with Crippen molar-refractivity contribution in [1.82, 2.24) is 10.2 Å². The van der Waals surface area contributed by atoms with Crippen LogP contribution in [0.25, 0.3) is 0 Å². The van der Waals surface area contributed by atoms with Crippen LogP contribution in [0.4, 0.5) is 5.69 Å². The third-order valence-corrected chi connectivity index (χ3v) is 6.52. The lowest BCUT2D eigenvalue weighted by molar-refractivity contribution is -0.122. The van der Waals surface area contributed by atoms with Gasteiger partial charge in [-0.3, -0.25) is 14.0 Å². The van der Waals surface area contributed by atoms with Crippen molar-refractivity contribution in [1.29, 1.82) is 0 Å². The van der Waals surface area contributed by atoms with Crippen molar-refractivity contribution < 1.29 is 17.9 Å². The SMILES string of the molecule is CC[C@H](C(=O)NCc1ccc(CN2CCOCC2)cc1)N(c1ccccc1)S(C)(=O)=O. The van der Waals surface area contributed by atoms with E-state index in [1.54, 1.807) is 24.3 Å². The zero-order valence-corrected chi connectivity index (χ0v) is 19.0. The van der Waals surface area contributed by atoms with E-state index >= 15 is 0 Å². The summed E-state index contributed by atoms with van der Waals surface area (Å²) in [5.74, 6) is -0.311. The van der Waals surface area contributed by atoms with Gasteiger partial charge in [0.15, 0.2) is 0 Å². The fraction of sp³-hybridized carbons (Fsp3) is 0.435. The summed E-state index contributed by atoms with van der Waals surface area (Å²) in [7, 11) is -3.62. The topological polar surface area (TPSA) is 79.0 Å². The Balaban J connectivity index is 1.62. The van der Waals surface area contributed by atoms with Crippen molar-refractivity contribution in [2.75, 3.05) is 36.9 Å². The summed E-state index contributed by atoms with van der Waals surface area (Å²) in [5, 5.41) is 2.90. The van der Waals surface area contributed by atoms with Gasteiger partial charge in [0.2, 0.25) is 15.9 Å². The predicted octanol–water partition coefficient (Wildman–Crippen LogP) is 2.38. The van der Waals surface area contributed by atoms with Crippen molar-refractivity contribution in [3.8, 4) is 0 Å². The van der Waals surface area contributed by atoms with E-state index in [-0.39, 0.29) is 5.91 Å². The Morgan fingerprint density at radius 3 is 2.26 bits per heavy atom. The molecule has 1 aliphatic heterocycles. The Bertz CT molecular complexity index is 943. The molecule has 8 heteroatoms. The average molecular weight is 446 g/mol. The van der Waals surface area contributed by atoms with Crippen LogP contribution in [-0.4, -0.2) is 57.8 Å². The van der Waals surface area contributed by atoms with Crippen molar-refractivity contribution >= 4 is 21.6 Å². The van der Waals surface area contributed by atoms with Crippen LogP contribution < -0.4 is 9.62 Å². The molecule has 168 valence electrons. The molecule has 1 amide bonds. The summed E-state index contributed by atoms with van der Waals surface area (Å²) < 4.78 is 31.5. The number of benzene rings is 2. The Morgan fingerprint density at radius 1 is 1.06 bits per heavy atom. The van der Waals surface area contributed by atoms with Crippen molar-refractivity contribution in [3.05, 3.63) is 65.7 Å². The van der Waals surface area contributed by atoms with Gasteiger partial charge >= 0.3 is 0 Å². The third-order valence-electron chi connectivity index (χ3n) is 5.34. The molecule has 1 fully saturated rings. The summed E-state index contributed by atoms with van der Waals surface area (Å²) in [4.78, 5) is 15.3. The lowest BCUT2D eigenvalue weighted by Gasteiger charge is -2.30. The molecule has 7 nitrogen and oxygen atoms in total. The Hall–Kier alpha value is -2.42. The maximum atomic E-state index is 12.9. The largest absolute Gasteiger partial charge is 0.379 e. The van der Waals surface area contributed by atoms with Crippen molar-refractivity contribution in [2.24, 2.45) is 0 Å². The van der Waals surface area contributed by atoms with Gasteiger partial charge in [-0.15, -0.1) is 0 Å². The van der Waals surface area contributed by atoms with E-state index in [9.17, 15) is 13.2 Å². The molecule has 2 aromatic rings. The van der Waals surface area contributed by atoms with Gasteiger partial charge in [-0.05, 0) is 29.7 Å². The quantitative estimate of drug-likeness (QED) is 0.641. The summed E-state index contributed by atoms with van der Waals surface area (Å²) in [6.07, 6.45) is 1.50. The lowest BCUT2D eigenvalue weighted by Crippen LogP contribution is -2.49. The molecule has 2 aromatic carbocycles. The first-order valence-electron chi connectivity index (χ1n) is 10.6. The molecule has 3 rings (SSSR count). The number of anilines is 1. The minimum atomic E-state index is -3.62. The molecule has 0 aromatic heterocycles. The number of carbonyl (C=O) groups excluding carboxylic acids is 1. The van der Waals surface area contributed by atoms with Crippen LogP contribution in [0.2, 0.25) is 0 Å². The average Bonchev–Trinajstić information content (AvgIpc) is 2.77. The summed E-state index contributed by atoms with van der Waals surface area (Å²) in [5.41, 5.74) is 2.68. The summed E-state index contributed by atoms with van der Waals surface area (Å²) >= 11 is 0. The second kappa shape index (κ2) is 10.7. The van der Waals surface area contributed by atoms with Crippen molar-refractivity contribution in [3.63, 3.8) is 0 Å². The number of hydrogen-bond donors (Lipinski definition) is 1. The minimum Gasteiger partial charge on any atom is -0.379 e. The summed E-state index contributed by atoms with van der Waals surface area (Å²) in [6.45, 7) is 6.47. The number of carbonyl (C=O) groups is 1. The minimum absolute atomic E-state index is 0.311. The second-order valence-electron chi connectivity index (χ2n) is 7.74. The smallest absolute Gasteiger partial charge is 0.244 e. The molecule has 0 aliphatic carbocycles. The highest BCUT2D eigenvalue weighted by molar-refractivity contribution is 7.92. The Morgan fingerprint density at radius 2 is 1.68 bits per heavy atom. The van der Waals surface area contributed by atoms with Crippen LogP contribution in [0.3, 0.4) is 0 Å². The first-order valence-corrected chi connectivity index (χ1v) is 12.4. The normalized spacial score (nSPS) is 15.9. The van der Waals surface area contributed by atoms with E-state index in [0.29, 0.717) is 18.7 Å². The molecule has 31 heavy (non-hydrogen) atoms. The van der Waals surface area contributed by atoms with Crippen LogP contribution in [0.5, 0.6) is 0 Å². The first kappa shape index (κ1) is 23.2. The molecular formula is C23H31N3O4S. The predicted molar refractivity (Wildman–Crippen MR) is 122 cm³/mol. The molecule has 1 aliphatic rings. The van der Waals surface area contributed by atoms with Gasteiger partial charge in [0.05, 0.1) is 25.2 Å². The molecule has 1 heterocycles. The molecule has 0 unspecified atom stereocenters. The Kier molecular flexibility index (Phi) is 8.06. The number of hydrogen-bond acceptors (Lipinski definition) is 5. The molecule has 0 spiro atoms. The van der Waals surface area contributed by atoms with Crippen LogP contribution >= 0.6 is 0 Å². The highest BCUT2D eigenvalue weighted by Crippen LogP contribution is 2.22. The number of nitrogens with one attached hydrogen (secondary N) is 1. The fourth-order valence-corrected chi connectivity index (χ4v) is 4.93. The van der Waals surface area contributed by atoms with E-state index in [4.69, 9.17) is 4.74 Å². The molecular weight excluding hydrogens is 414 g/mol. The molecule has 1 N–H and O–H groups in total. The van der Waals surface area contributed by atoms with Gasteiger partial charge in [-0.1, -0.05) is 49.4 Å². The Labute approximate surface area is 185 Å². The first-order chi connectivity index (χ1) is 14.9. The number of para-hydroxylation sites is 1. The van der Waals surface area contributed by atoms with Gasteiger partial charge in [-0.25, -0.2) is 8.42 Å². The highest BCUT2D eigenvalue weighted by Gasteiger charge is 2.31.